The summed E-state index contributed by atoms with van der Waals surface area (Å²) in [5.74, 6) is 0.359. The Labute approximate surface area is 247 Å². The summed E-state index contributed by atoms with van der Waals surface area (Å²) in [6.45, 7) is 2.42. The van der Waals surface area contributed by atoms with Crippen molar-refractivity contribution in [3.63, 3.8) is 0 Å². The minimum Gasteiger partial charge on any atom is -0.497 e. The third-order valence-corrected chi connectivity index (χ3v) is 8.85. The summed E-state index contributed by atoms with van der Waals surface area (Å²) in [5, 5.41) is 3.55. The van der Waals surface area contributed by atoms with Crippen LogP contribution in [0.3, 0.4) is 0 Å². The molecule has 0 spiro atoms. The molecular formula is C31H36ClN3O5S. The summed E-state index contributed by atoms with van der Waals surface area (Å²) in [7, 11) is -1.91. The van der Waals surface area contributed by atoms with Gasteiger partial charge in [-0.3, -0.25) is 9.59 Å². The second-order valence-electron chi connectivity index (χ2n) is 10.3. The van der Waals surface area contributed by atoms with Crippen LogP contribution in [-0.4, -0.2) is 50.9 Å². The number of benzene rings is 3. The zero-order chi connectivity index (χ0) is 29.4. The maximum atomic E-state index is 13.4. The van der Waals surface area contributed by atoms with Crippen LogP contribution < -0.4 is 14.8 Å². The Morgan fingerprint density at radius 3 is 2.12 bits per heavy atom. The first-order valence-electron chi connectivity index (χ1n) is 13.7. The molecule has 1 saturated carbocycles. The van der Waals surface area contributed by atoms with Crippen molar-refractivity contribution >= 4 is 33.4 Å². The van der Waals surface area contributed by atoms with Crippen LogP contribution in [0, 0.1) is 0 Å². The van der Waals surface area contributed by atoms with Gasteiger partial charge in [-0.25, -0.2) is 13.1 Å². The lowest BCUT2D eigenvalue weighted by Gasteiger charge is -2.29. The SMILES string of the molecule is COc1ccc(CCNC(=O)[C@@H](C)N(Cc2ccc(Cl)cc2)C(=O)CCc2ccc(S(=O)(=O)NC3CC3)cc2)cc1. The number of nitrogens with one attached hydrogen (secondary N) is 2. The van der Waals surface area contributed by atoms with Crippen LogP contribution in [0.15, 0.2) is 77.7 Å². The highest BCUT2D eigenvalue weighted by Crippen LogP contribution is 2.23. The molecule has 1 atom stereocenters. The average molecular weight is 598 g/mol. The van der Waals surface area contributed by atoms with E-state index in [0.29, 0.717) is 24.4 Å². The molecule has 41 heavy (non-hydrogen) atoms. The van der Waals surface area contributed by atoms with E-state index < -0.39 is 16.1 Å². The van der Waals surface area contributed by atoms with E-state index in [2.05, 4.69) is 10.0 Å². The molecule has 3 aromatic carbocycles. The van der Waals surface area contributed by atoms with Crippen LogP contribution in [0.5, 0.6) is 5.75 Å². The predicted molar refractivity (Wildman–Crippen MR) is 159 cm³/mol. The van der Waals surface area contributed by atoms with Crippen molar-refractivity contribution in [1.29, 1.82) is 0 Å². The molecule has 8 nitrogen and oxygen atoms in total. The third-order valence-electron chi connectivity index (χ3n) is 7.07. The normalized spacial score (nSPS) is 13.8. The standard InChI is InChI=1S/C31H36ClN3O5S/c1-22(31(37)33-20-19-24-5-14-28(40-2)15-6-24)35(21-25-3-10-26(32)11-4-25)30(36)18-9-23-7-16-29(17-8-23)41(38,39)34-27-12-13-27/h3-8,10-11,14-17,22,27,34H,9,12-13,18-21H2,1-2H3,(H,33,37)/t22-/m1/s1. The first-order valence-corrected chi connectivity index (χ1v) is 15.6. The number of carbonyl (C=O) groups excluding carboxylic acids is 2. The second-order valence-corrected chi connectivity index (χ2v) is 12.4. The van der Waals surface area contributed by atoms with E-state index in [1.165, 1.54) is 0 Å². The largest absolute Gasteiger partial charge is 0.497 e. The van der Waals surface area contributed by atoms with Gasteiger partial charge in [0, 0.05) is 30.6 Å². The molecule has 1 fully saturated rings. The smallest absolute Gasteiger partial charge is 0.242 e. The number of rotatable bonds is 14. The highest BCUT2D eigenvalue weighted by Gasteiger charge is 2.28. The van der Waals surface area contributed by atoms with Crippen LogP contribution in [0.1, 0.15) is 42.9 Å². The Kier molecular flexibility index (Phi) is 10.4. The number of carbonyl (C=O) groups is 2. The molecule has 2 amide bonds. The van der Waals surface area contributed by atoms with Gasteiger partial charge < -0.3 is 15.0 Å². The number of aryl methyl sites for hydroxylation is 1. The van der Waals surface area contributed by atoms with Crippen molar-refractivity contribution < 1.29 is 22.7 Å². The van der Waals surface area contributed by atoms with E-state index in [-0.39, 0.29) is 35.7 Å². The number of sulfonamides is 1. The Hall–Kier alpha value is -3.40. The predicted octanol–water partition coefficient (Wildman–Crippen LogP) is 4.50. The van der Waals surface area contributed by atoms with E-state index >= 15 is 0 Å². The lowest BCUT2D eigenvalue weighted by Crippen LogP contribution is -2.48. The minimum absolute atomic E-state index is 0.0329. The molecule has 0 radical (unpaired) electrons. The molecule has 3 aromatic rings. The van der Waals surface area contributed by atoms with Gasteiger partial charge in [-0.2, -0.15) is 0 Å². The number of methoxy groups -OCH3 is 1. The van der Waals surface area contributed by atoms with E-state index in [4.69, 9.17) is 16.3 Å². The van der Waals surface area contributed by atoms with Crippen molar-refractivity contribution in [2.75, 3.05) is 13.7 Å². The summed E-state index contributed by atoms with van der Waals surface area (Å²) >= 11 is 6.04. The maximum Gasteiger partial charge on any atom is 0.242 e. The summed E-state index contributed by atoms with van der Waals surface area (Å²) in [4.78, 5) is 28.3. The second kappa shape index (κ2) is 14.0. The monoisotopic (exact) mass is 597 g/mol. The van der Waals surface area contributed by atoms with Crippen LogP contribution in [0.25, 0.3) is 0 Å². The van der Waals surface area contributed by atoms with Gasteiger partial charge in [0.25, 0.3) is 0 Å². The number of nitrogens with zero attached hydrogens (tertiary/aromatic N) is 1. The van der Waals surface area contributed by atoms with Crippen molar-refractivity contribution in [2.45, 2.75) is 62.6 Å². The third kappa shape index (κ3) is 9.05. The molecule has 0 unspecified atom stereocenters. The lowest BCUT2D eigenvalue weighted by molar-refractivity contribution is -0.140. The number of ether oxygens (including phenoxy) is 1. The quantitative estimate of drug-likeness (QED) is 0.285. The maximum absolute atomic E-state index is 13.4. The van der Waals surface area contributed by atoms with E-state index in [1.807, 2.05) is 36.4 Å². The van der Waals surface area contributed by atoms with Gasteiger partial charge in [0.15, 0.2) is 0 Å². The van der Waals surface area contributed by atoms with Crippen molar-refractivity contribution in [2.24, 2.45) is 0 Å². The Morgan fingerprint density at radius 1 is 0.927 bits per heavy atom. The minimum atomic E-state index is -3.53. The van der Waals surface area contributed by atoms with Crippen molar-refractivity contribution in [3.05, 3.63) is 94.5 Å². The Bertz CT molecular complexity index is 1420. The molecule has 2 N–H and O–H groups in total. The first-order chi connectivity index (χ1) is 19.6. The van der Waals surface area contributed by atoms with Gasteiger partial charge in [-0.15, -0.1) is 0 Å². The van der Waals surface area contributed by atoms with Gasteiger partial charge in [-0.05, 0) is 85.7 Å². The summed E-state index contributed by atoms with van der Waals surface area (Å²) < 4.78 is 32.7. The fourth-order valence-electron chi connectivity index (χ4n) is 4.36. The molecule has 10 heteroatoms. The van der Waals surface area contributed by atoms with Gasteiger partial charge in [0.2, 0.25) is 21.8 Å². The zero-order valence-electron chi connectivity index (χ0n) is 23.3. The summed E-state index contributed by atoms with van der Waals surface area (Å²) in [6.07, 6.45) is 2.97. The molecule has 4 rings (SSSR count). The summed E-state index contributed by atoms with van der Waals surface area (Å²) in [5.41, 5.74) is 2.76. The Morgan fingerprint density at radius 2 is 1.51 bits per heavy atom. The molecule has 0 saturated heterocycles. The van der Waals surface area contributed by atoms with Crippen LogP contribution in [-0.2, 0) is 39.0 Å². The lowest BCUT2D eigenvalue weighted by atomic mass is 10.1. The number of hydrogen-bond acceptors (Lipinski definition) is 5. The number of hydrogen-bond donors (Lipinski definition) is 2. The van der Waals surface area contributed by atoms with Gasteiger partial charge >= 0.3 is 0 Å². The van der Waals surface area contributed by atoms with Crippen LogP contribution in [0.4, 0.5) is 0 Å². The van der Waals surface area contributed by atoms with E-state index in [9.17, 15) is 18.0 Å². The molecule has 0 heterocycles. The summed E-state index contributed by atoms with van der Waals surface area (Å²) in [6, 6.07) is 20.8. The molecule has 1 aliphatic rings. The fraction of sp³-hybridized carbons (Fsp3) is 0.355. The zero-order valence-corrected chi connectivity index (χ0v) is 24.9. The van der Waals surface area contributed by atoms with Crippen LogP contribution in [0.2, 0.25) is 5.02 Å². The molecular weight excluding hydrogens is 562 g/mol. The van der Waals surface area contributed by atoms with Crippen molar-refractivity contribution in [1.82, 2.24) is 14.9 Å². The molecule has 0 bridgehead atoms. The molecule has 218 valence electrons. The topological polar surface area (TPSA) is 105 Å². The van der Waals surface area contributed by atoms with E-state index in [1.54, 1.807) is 55.3 Å². The highest BCUT2D eigenvalue weighted by molar-refractivity contribution is 7.89. The average Bonchev–Trinajstić information content (AvgIpc) is 3.79. The Balaban J connectivity index is 1.37. The number of amides is 2. The van der Waals surface area contributed by atoms with Crippen LogP contribution >= 0.6 is 11.6 Å². The molecule has 0 aliphatic heterocycles. The number of halogens is 1. The molecule has 1 aliphatic carbocycles. The van der Waals surface area contributed by atoms with Gasteiger partial charge in [-0.1, -0.05) is 48.0 Å². The fourth-order valence-corrected chi connectivity index (χ4v) is 5.79. The van der Waals surface area contributed by atoms with Gasteiger partial charge in [0.05, 0.1) is 12.0 Å². The van der Waals surface area contributed by atoms with Gasteiger partial charge in [0.1, 0.15) is 11.8 Å². The highest BCUT2D eigenvalue weighted by atomic mass is 35.5. The molecule has 0 aromatic heterocycles. The van der Waals surface area contributed by atoms with E-state index in [0.717, 1.165) is 35.3 Å². The van der Waals surface area contributed by atoms with Crippen molar-refractivity contribution in [3.8, 4) is 5.75 Å². The first kappa shape index (κ1) is 30.6.